The topological polar surface area (TPSA) is 144 Å². The number of nitrogens with one attached hydrogen (secondary N) is 2. The van der Waals surface area contributed by atoms with E-state index in [-0.39, 0.29) is 43.9 Å². The van der Waals surface area contributed by atoms with E-state index in [0.29, 0.717) is 22.6 Å². The Morgan fingerprint density at radius 1 is 1.03 bits per heavy atom. The minimum atomic E-state index is -0.922. The molecule has 0 aliphatic carbocycles. The van der Waals surface area contributed by atoms with Crippen molar-refractivity contribution in [3.05, 3.63) is 70.3 Å². The van der Waals surface area contributed by atoms with Crippen LogP contribution in [0.1, 0.15) is 58.0 Å². The predicted molar refractivity (Wildman–Crippen MR) is 124 cm³/mol. The third-order valence-corrected chi connectivity index (χ3v) is 5.71. The fourth-order valence-corrected chi connectivity index (χ4v) is 4.05. The van der Waals surface area contributed by atoms with Crippen LogP contribution in [-0.4, -0.2) is 54.4 Å². The van der Waals surface area contributed by atoms with Gasteiger partial charge in [-0.25, -0.2) is 9.59 Å². The van der Waals surface area contributed by atoms with Gasteiger partial charge in [-0.3, -0.25) is 19.3 Å². The minimum Gasteiger partial charge on any atom is -0.464 e. The number of rotatable bonds is 9. The van der Waals surface area contributed by atoms with Gasteiger partial charge in [-0.1, -0.05) is 12.1 Å². The lowest BCUT2D eigenvalue weighted by atomic mass is 10.0. The summed E-state index contributed by atoms with van der Waals surface area (Å²) in [4.78, 5) is 63.3. The number of furan rings is 1. The summed E-state index contributed by atoms with van der Waals surface area (Å²) >= 11 is 0. The van der Waals surface area contributed by atoms with Crippen molar-refractivity contribution in [1.29, 1.82) is 0 Å². The highest BCUT2D eigenvalue weighted by atomic mass is 16.5. The fourth-order valence-electron chi connectivity index (χ4n) is 4.05. The van der Waals surface area contributed by atoms with Crippen LogP contribution in [0.3, 0.4) is 0 Å². The Morgan fingerprint density at radius 2 is 1.72 bits per heavy atom. The Morgan fingerprint density at radius 3 is 2.33 bits per heavy atom. The molecule has 2 N–H and O–H groups in total. The lowest BCUT2D eigenvalue weighted by molar-refractivity contribution is -0.144. The van der Waals surface area contributed by atoms with E-state index >= 15 is 0 Å². The van der Waals surface area contributed by atoms with Crippen LogP contribution in [0, 0.1) is 6.92 Å². The summed E-state index contributed by atoms with van der Waals surface area (Å²) in [7, 11) is 0. The van der Waals surface area contributed by atoms with Gasteiger partial charge in [0.05, 0.1) is 29.0 Å². The standard InChI is InChI=1S/C25H25N3O8/c1-3-34-24(32)20-17(26-25(33)27-21(20)18-11-10-14(2)36-18)13-35-19(29)9-6-12-28-22(30)15-7-4-5-8-16(15)23(28)31/h4-5,7-8,10-11,21H,3,6,9,12-13H2,1-2H3,(H2,26,27,33)/t21-/m1/s1. The smallest absolute Gasteiger partial charge is 0.338 e. The lowest BCUT2D eigenvalue weighted by Gasteiger charge is -2.27. The first-order valence-corrected chi connectivity index (χ1v) is 11.4. The van der Waals surface area contributed by atoms with E-state index in [1.165, 1.54) is 0 Å². The van der Waals surface area contributed by atoms with Crippen molar-refractivity contribution >= 4 is 29.8 Å². The molecule has 0 saturated carbocycles. The highest BCUT2D eigenvalue weighted by molar-refractivity contribution is 6.21. The van der Waals surface area contributed by atoms with E-state index in [1.807, 2.05) is 0 Å². The lowest BCUT2D eigenvalue weighted by Crippen LogP contribution is -2.47. The molecule has 0 saturated heterocycles. The van der Waals surface area contributed by atoms with Crippen LogP contribution >= 0.6 is 0 Å². The number of aryl methyl sites for hydroxylation is 1. The molecule has 1 atom stereocenters. The molecule has 1 aromatic carbocycles. The molecule has 36 heavy (non-hydrogen) atoms. The number of ether oxygens (including phenoxy) is 2. The molecule has 2 aliphatic rings. The second-order valence-corrected chi connectivity index (χ2v) is 8.16. The van der Waals surface area contributed by atoms with Crippen LogP contribution in [-0.2, 0) is 19.1 Å². The maximum Gasteiger partial charge on any atom is 0.338 e. The molecule has 0 bridgehead atoms. The van der Waals surface area contributed by atoms with Crippen molar-refractivity contribution in [1.82, 2.24) is 15.5 Å². The molecule has 0 unspecified atom stereocenters. The molecule has 3 heterocycles. The van der Waals surface area contributed by atoms with E-state index in [4.69, 9.17) is 13.9 Å². The number of fused-ring (bicyclic) bond motifs is 1. The van der Waals surface area contributed by atoms with Gasteiger partial charge in [0.2, 0.25) is 0 Å². The zero-order chi connectivity index (χ0) is 25.8. The molecule has 0 fully saturated rings. The SMILES string of the molecule is CCOC(=O)C1=C(COC(=O)CCCN2C(=O)c3ccccc3C2=O)NC(=O)N[C@@H]1c1ccc(C)o1. The molecule has 4 rings (SSSR count). The van der Waals surface area contributed by atoms with Crippen molar-refractivity contribution < 1.29 is 37.9 Å². The van der Waals surface area contributed by atoms with Crippen LogP contribution in [0.15, 0.2) is 52.1 Å². The first kappa shape index (κ1) is 24.7. The Labute approximate surface area is 206 Å². The number of hydrogen-bond donors (Lipinski definition) is 2. The molecule has 0 radical (unpaired) electrons. The number of nitrogens with zero attached hydrogens (tertiary/aromatic N) is 1. The summed E-state index contributed by atoms with van der Waals surface area (Å²) < 4.78 is 16.0. The maximum atomic E-state index is 12.7. The Bertz CT molecular complexity index is 1230. The number of carbonyl (C=O) groups excluding carboxylic acids is 5. The zero-order valence-corrected chi connectivity index (χ0v) is 19.8. The van der Waals surface area contributed by atoms with Gasteiger partial charge in [-0.2, -0.15) is 0 Å². The summed E-state index contributed by atoms with van der Waals surface area (Å²) in [5.41, 5.74) is 0.813. The predicted octanol–water partition coefficient (Wildman–Crippen LogP) is 2.38. The number of urea groups is 1. The third kappa shape index (κ3) is 4.99. The summed E-state index contributed by atoms with van der Waals surface area (Å²) in [6.07, 6.45) is 0.110. The van der Waals surface area contributed by atoms with E-state index in [1.54, 1.807) is 50.2 Å². The van der Waals surface area contributed by atoms with Gasteiger partial charge < -0.3 is 24.5 Å². The maximum absolute atomic E-state index is 12.7. The average Bonchev–Trinajstić information content (AvgIpc) is 3.39. The fraction of sp³-hybridized carbons (Fsp3) is 0.320. The average molecular weight is 495 g/mol. The van der Waals surface area contributed by atoms with E-state index in [0.717, 1.165) is 4.90 Å². The number of amides is 4. The largest absolute Gasteiger partial charge is 0.464 e. The number of carbonyl (C=O) groups is 5. The second kappa shape index (κ2) is 10.5. The van der Waals surface area contributed by atoms with Gasteiger partial charge in [0, 0.05) is 13.0 Å². The van der Waals surface area contributed by atoms with Crippen molar-refractivity contribution in [2.24, 2.45) is 0 Å². The quantitative estimate of drug-likeness (QED) is 0.399. The van der Waals surface area contributed by atoms with Crippen LogP contribution in [0.25, 0.3) is 0 Å². The summed E-state index contributed by atoms with van der Waals surface area (Å²) in [6.45, 7) is 3.14. The summed E-state index contributed by atoms with van der Waals surface area (Å²) in [5, 5.41) is 5.12. The second-order valence-electron chi connectivity index (χ2n) is 8.16. The van der Waals surface area contributed by atoms with Crippen molar-refractivity contribution in [3.8, 4) is 0 Å². The molecule has 1 aromatic heterocycles. The first-order valence-electron chi connectivity index (χ1n) is 11.4. The highest BCUT2D eigenvalue weighted by Crippen LogP contribution is 2.29. The number of benzene rings is 1. The van der Waals surface area contributed by atoms with E-state index in [2.05, 4.69) is 10.6 Å². The number of hydrogen-bond acceptors (Lipinski definition) is 8. The molecular weight excluding hydrogens is 470 g/mol. The van der Waals surface area contributed by atoms with Crippen LogP contribution in [0.4, 0.5) is 4.79 Å². The van der Waals surface area contributed by atoms with E-state index in [9.17, 15) is 24.0 Å². The molecular formula is C25H25N3O8. The van der Waals surface area contributed by atoms with Crippen LogP contribution in [0.5, 0.6) is 0 Å². The van der Waals surface area contributed by atoms with Gasteiger partial charge >= 0.3 is 18.0 Å². The third-order valence-electron chi connectivity index (χ3n) is 5.71. The molecule has 2 aromatic rings. The Hall–Kier alpha value is -4.41. The normalized spacial score (nSPS) is 17.0. The van der Waals surface area contributed by atoms with Gasteiger partial charge in [0.1, 0.15) is 24.2 Å². The minimum absolute atomic E-state index is 0.0544. The van der Waals surface area contributed by atoms with Gasteiger partial charge in [0.25, 0.3) is 11.8 Å². The monoisotopic (exact) mass is 495 g/mol. The highest BCUT2D eigenvalue weighted by Gasteiger charge is 2.36. The summed E-state index contributed by atoms with van der Waals surface area (Å²) in [5.74, 6) is -1.20. The molecule has 4 amide bonds. The number of imide groups is 1. The Kier molecular flexibility index (Phi) is 7.18. The van der Waals surface area contributed by atoms with Gasteiger partial charge in [-0.15, -0.1) is 0 Å². The molecule has 11 nitrogen and oxygen atoms in total. The van der Waals surface area contributed by atoms with E-state index < -0.39 is 35.8 Å². The molecule has 188 valence electrons. The number of esters is 2. The molecule has 0 spiro atoms. The first-order chi connectivity index (χ1) is 17.3. The van der Waals surface area contributed by atoms with Crippen LogP contribution in [0.2, 0.25) is 0 Å². The van der Waals surface area contributed by atoms with Crippen molar-refractivity contribution in [2.75, 3.05) is 19.8 Å². The molecule has 11 heteroatoms. The van der Waals surface area contributed by atoms with Crippen LogP contribution < -0.4 is 10.6 Å². The molecule has 2 aliphatic heterocycles. The zero-order valence-electron chi connectivity index (χ0n) is 19.8. The van der Waals surface area contributed by atoms with Crippen molar-refractivity contribution in [3.63, 3.8) is 0 Å². The van der Waals surface area contributed by atoms with Gasteiger partial charge in [0.15, 0.2) is 0 Å². The summed E-state index contributed by atoms with van der Waals surface area (Å²) in [6, 6.07) is 8.34. The Balaban J connectivity index is 1.39. The van der Waals surface area contributed by atoms with Gasteiger partial charge in [-0.05, 0) is 44.5 Å². The van der Waals surface area contributed by atoms with Crippen molar-refractivity contribution in [2.45, 2.75) is 32.7 Å².